The van der Waals surface area contributed by atoms with Crippen molar-refractivity contribution in [3.05, 3.63) is 52.5 Å². The van der Waals surface area contributed by atoms with Crippen LogP contribution in [0.2, 0.25) is 10.0 Å². The molecule has 2 aromatic rings. The molecular formula is C15H12Cl2N4O4S. The lowest BCUT2D eigenvalue weighted by Gasteiger charge is -2.16. The lowest BCUT2D eigenvalue weighted by atomic mass is 10.3. The Bertz CT molecular complexity index is 995. The van der Waals surface area contributed by atoms with Crippen LogP contribution in [-0.4, -0.2) is 26.5 Å². The molecule has 0 spiro atoms. The Morgan fingerprint density at radius 3 is 2.27 bits per heavy atom. The number of anilines is 2. The zero-order valence-electron chi connectivity index (χ0n) is 12.9. The van der Waals surface area contributed by atoms with Crippen molar-refractivity contribution in [3.8, 4) is 0 Å². The smallest absolute Gasteiger partial charge is 0.330 e. The van der Waals surface area contributed by atoms with E-state index in [-0.39, 0.29) is 15.6 Å². The third-order valence-corrected chi connectivity index (χ3v) is 5.01. The van der Waals surface area contributed by atoms with Crippen molar-refractivity contribution in [2.75, 3.05) is 10.2 Å². The molecule has 2 aromatic carbocycles. The van der Waals surface area contributed by atoms with Gasteiger partial charge in [-0.2, -0.15) is 0 Å². The summed E-state index contributed by atoms with van der Waals surface area (Å²) in [7, 11) is -4.10. The minimum absolute atomic E-state index is 0.0357. The van der Waals surface area contributed by atoms with Gasteiger partial charge in [-0.3, -0.25) is 4.79 Å². The molecular weight excluding hydrogens is 403 g/mol. The number of urea groups is 1. The van der Waals surface area contributed by atoms with Crippen molar-refractivity contribution < 1.29 is 18.0 Å². The van der Waals surface area contributed by atoms with E-state index in [9.17, 15) is 18.0 Å². The monoisotopic (exact) mass is 414 g/mol. The quantitative estimate of drug-likeness (QED) is 0.661. The Kier molecular flexibility index (Phi) is 4.80. The van der Waals surface area contributed by atoms with E-state index >= 15 is 0 Å². The van der Waals surface area contributed by atoms with Crippen LogP contribution in [0.3, 0.4) is 0 Å². The Hall–Kier alpha value is -2.33. The average molecular weight is 415 g/mol. The summed E-state index contributed by atoms with van der Waals surface area (Å²) in [5.74, 6) is -0.618. The molecule has 26 heavy (non-hydrogen) atoms. The van der Waals surface area contributed by atoms with E-state index in [1.807, 2.05) is 0 Å². The van der Waals surface area contributed by atoms with Crippen LogP contribution in [0.15, 0.2) is 47.4 Å². The third-order valence-electron chi connectivity index (χ3n) is 3.57. The standard InChI is InChI=1S/C15H12Cl2N4O4S/c16-8-1-4-10(5-2-8)21-14(22)13(20-15(21)23)19-11-6-3-9(17)7-12(11)26(18,24)25/h1-7,13,19H,(H,20,23)(H2,18,24,25). The van der Waals surface area contributed by atoms with E-state index in [0.29, 0.717) is 10.7 Å². The number of amides is 3. The van der Waals surface area contributed by atoms with Gasteiger partial charge >= 0.3 is 6.03 Å². The molecule has 1 aliphatic heterocycles. The number of rotatable bonds is 4. The van der Waals surface area contributed by atoms with Crippen molar-refractivity contribution in [3.63, 3.8) is 0 Å². The van der Waals surface area contributed by atoms with Crippen molar-refractivity contribution in [1.29, 1.82) is 0 Å². The summed E-state index contributed by atoms with van der Waals surface area (Å²) in [6, 6.07) is 9.37. The summed E-state index contributed by atoms with van der Waals surface area (Å²) in [6.45, 7) is 0. The van der Waals surface area contributed by atoms with Crippen LogP contribution in [-0.2, 0) is 14.8 Å². The molecule has 1 saturated heterocycles. The number of imide groups is 1. The molecule has 1 aliphatic rings. The van der Waals surface area contributed by atoms with Crippen molar-refractivity contribution >= 4 is 56.5 Å². The molecule has 0 radical (unpaired) electrons. The van der Waals surface area contributed by atoms with E-state index in [1.54, 1.807) is 0 Å². The van der Waals surface area contributed by atoms with Crippen LogP contribution in [0.25, 0.3) is 0 Å². The highest BCUT2D eigenvalue weighted by atomic mass is 35.5. The molecule has 4 N–H and O–H groups in total. The average Bonchev–Trinajstić information content (AvgIpc) is 2.83. The highest BCUT2D eigenvalue weighted by molar-refractivity contribution is 7.89. The molecule has 0 bridgehead atoms. The van der Waals surface area contributed by atoms with Gasteiger partial charge in [-0.1, -0.05) is 23.2 Å². The minimum Gasteiger partial charge on any atom is -0.356 e. The third kappa shape index (κ3) is 3.61. The number of hydrogen-bond donors (Lipinski definition) is 3. The fraction of sp³-hybridized carbons (Fsp3) is 0.0667. The van der Waals surface area contributed by atoms with Crippen LogP contribution in [0.4, 0.5) is 16.2 Å². The second kappa shape index (κ2) is 6.76. The van der Waals surface area contributed by atoms with Crippen LogP contribution < -0.4 is 20.7 Å². The van der Waals surface area contributed by atoms with Gasteiger partial charge in [0.1, 0.15) is 4.90 Å². The zero-order chi connectivity index (χ0) is 19.1. The number of hydrogen-bond acceptors (Lipinski definition) is 5. The lowest BCUT2D eigenvalue weighted by molar-refractivity contribution is -0.117. The molecule has 8 nitrogen and oxygen atoms in total. The number of nitrogens with one attached hydrogen (secondary N) is 2. The summed E-state index contributed by atoms with van der Waals surface area (Å²) >= 11 is 11.6. The number of nitrogens with two attached hydrogens (primary N) is 1. The minimum atomic E-state index is -4.10. The Morgan fingerprint density at radius 2 is 1.65 bits per heavy atom. The number of halogens is 2. The van der Waals surface area contributed by atoms with Gasteiger partial charge in [0, 0.05) is 10.0 Å². The fourth-order valence-electron chi connectivity index (χ4n) is 2.42. The first-order valence-corrected chi connectivity index (χ1v) is 9.46. The number of primary sulfonamides is 1. The Morgan fingerprint density at radius 1 is 1.04 bits per heavy atom. The second-order valence-corrected chi connectivity index (χ2v) is 7.77. The van der Waals surface area contributed by atoms with Crippen molar-refractivity contribution in [2.24, 2.45) is 5.14 Å². The fourth-order valence-corrected chi connectivity index (χ4v) is 3.51. The molecule has 11 heteroatoms. The van der Waals surface area contributed by atoms with Gasteiger partial charge in [0.05, 0.1) is 11.4 Å². The molecule has 0 aromatic heterocycles. The van der Waals surface area contributed by atoms with E-state index in [0.717, 1.165) is 11.0 Å². The maximum atomic E-state index is 12.6. The summed E-state index contributed by atoms with van der Waals surface area (Å²) < 4.78 is 23.5. The maximum absolute atomic E-state index is 12.6. The molecule has 0 aliphatic carbocycles. The number of nitrogens with zero attached hydrogens (tertiary/aromatic N) is 1. The van der Waals surface area contributed by atoms with Crippen LogP contribution in [0, 0.1) is 0 Å². The highest BCUT2D eigenvalue weighted by Gasteiger charge is 2.39. The van der Waals surface area contributed by atoms with E-state index < -0.39 is 28.1 Å². The first-order chi connectivity index (χ1) is 12.2. The van der Waals surface area contributed by atoms with Gasteiger partial charge in [0.25, 0.3) is 5.91 Å². The molecule has 1 atom stereocenters. The Balaban J connectivity index is 1.90. The van der Waals surface area contributed by atoms with Gasteiger partial charge in [-0.05, 0) is 42.5 Å². The van der Waals surface area contributed by atoms with Gasteiger partial charge in [-0.25, -0.2) is 23.3 Å². The molecule has 1 heterocycles. The van der Waals surface area contributed by atoms with E-state index in [4.69, 9.17) is 28.3 Å². The SMILES string of the molecule is NS(=O)(=O)c1cc(Cl)ccc1NC1NC(=O)N(c2ccc(Cl)cc2)C1=O. The number of carbonyl (C=O) groups excluding carboxylic acids is 2. The first-order valence-electron chi connectivity index (χ1n) is 7.16. The van der Waals surface area contributed by atoms with Crippen molar-refractivity contribution in [2.45, 2.75) is 11.1 Å². The van der Waals surface area contributed by atoms with Gasteiger partial charge in [-0.15, -0.1) is 0 Å². The van der Waals surface area contributed by atoms with E-state index in [1.165, 1.54) is 36.4 Å². The predicted octanol–water partition coefficient (Wildman–Crippen LogP) is 2.14. The predicted molar refractivity (Wildman–Crippen MR) is 97.7 cm³/mol. The molecule has 3 rings (SSSR count). The number of sulfonamides is 1. The van der Waals surface area contributed by atoms with Crippen LogP contribution in [0.5, 0.6) is 0 Å². The van der Waals surface area contributed by atoms with Gasteiger partial charge in [0.2, 0.25) is 10.0 Å². The summed E-state index contributed by atoms with van der Waals surface area (Å²) in [5.41, 5.74) is 0.359. The maximum Gasteiger partial charge on any atom is 0.330 e. The van der Waals surface area contributed by atoms with E-state index in [2.05, 4.69) is 10.6 Å². The zero-order valence-corrected chi connectivity index (χ0v) is 15.3. The van der Waals surface area contributed by atoms with Gasteiger partial charge < -0.3 is 10.6 Å². The normalized spacial score (nSPS) is 17.3. The van der Waals surface area contributed by atoms with Crippen LogP contribution in [0.1, 0.15) is 0 Å². The summed E-state index contributed by atoms with van der Waals surface area (Å²) in [6.07, 6.45) is -1.18. The Labute approximate surface area is 158 Å². The molecule has 136 valence electrons. The van der Waals surface area contributed by atoms with Crippen molar-refractivity contribution in [1.82, 2.24) is 5.32 Å². The topological polar surface area (TPSA) is 122 Å². The molecule has 1 unspecified atom stereocenters. The molecule has 1 fully saturated rings. The highest BCUT2D eigenvalue weighted by Crippen LogP contribution is 2.27. The second-order valence-electron chi connectivity index (χ2n) is 5.36. The molecule has 0 saturated carbocycles. The molecule has 3 amide bonds. The number of carbonyl (C=O) groups is 2. The largest absolute Gasteiger partial charge is 0.356 e. The summed E-state index contributed by atoms with van der Waals surface area (Å²) in [5, 5.41) is 10.9. The van der Waals surface area contributed by atoms with Gasteiger partial charge in [0.15, 0.2) is 6.17 Å². The number of benzene rings is 2. The summed E-state index contributed by atoms with van der Waals surface area (Å²) in [4.78, 5) is 25.4. The lowest BCUT2D eigenvalue weighted by Crippen LogP contribution is -2.37. The first kappa shape index (κ1) is 18.5. The van der Waals surface area contributed by atoms with Crippen LogP contribution >= 0.6 is 23.2 Å².